The molecular formula is C20H21N5O3. The Morgan fingerprint density at radius 1 is 1.04 bits per heavy atom. The van der Waals surface area contributed by atoms with E-state index in [0.29, 0.717) is 16.9 Å². The van der Waals surface area contributed by atoms with Crippen molar-refractivity contribution in [1.82, 2.24) is 19.3 Å². The van der Waals surface area contributed by atoms with Crippen LogP contribution in [0.3, 0.4) is 0 Å². The van der Waals surface area contributed by atoms with Crippen molar-refractivity contribution < 1.29 is 9.59 Å². The smallest absolute Gasteiger partial charge is 0.255 e. The number of benzene rings is 1. The van der Waals surface area contributed by atoms with E-state index in [-0.39, 0.29) is 29.7 Å². The van der Waals surface area contributed by atoms with Crippen molar-refractivity contribution >= 4 is 17.4 Å². The van der Waals surface area contributed by atoms with E-state index in [0.717, 1.165) is 11.4 Å². The summed E-state index contributed by atoms with van der Waals surface area (Å²) in [6.07, 6.45) is 0. The highest BCUT2D eigenvalue weighted by atomic mass is 16.2. The molecule has 1 aromatic carbocycles. The zero-order valence-electron chi connectivity index (χ0n) is 16.2. The quantitative estimate of drug-likeness (QED) is 0.685. The number of aromatic nitrogens is 4. The van der Waals surface area contributed by atoms with Gasteiger partial charge in [-0.3, -0.25) is 19.0 Å². The fraction of sp³-hybridized carbons (Fsp3) is 0.250. The minimum atomic E-state index is -0.383. The van der Waals surface area contributed by atoms with Crippen molar-refractivity contribution in [2.75, 3.05) is 5.32 Å². The first-order valence-corrected chi connectivity index (χ1v) is 8.77. The average molecular weight is 379 g/mol. The van der Waals surface area contributed by atoms with Crippen molar-refractivity contribution in [3.05, 3.63) is 69.4 Å². The highest BCUT2D eigenvalue weighted by molar-refractivity contribution is 5.95. The Hall–Kier alpha value is -3.55. The maximum absolute atomic E-state index is 12.5. The summed E-state index contributed by atoms with van der Waals surface area (Å²) in [6.45, 7) is 6.69. The van der Waals surface area contributed by atoms with Crippen molar-refractivity contribution in [1.29, 1.82) is 0 Å². The molecular weight excluding hydrogens is 358 g/mol. The molecule has 0 spiro atoms. The van der Waals surface area contributed by atoms with Crippen molar-refractivity contribution in [3.8, 4) is 5.95 Å². The SMILES string of the molecule is CC(=O)c1ccc(NC(=O)Cn2c(-n3nc(C)cc3C)nc(C)cc2=O)cc1. The monoisotopic (exact) mass is 379 g/mol. The molecule has 28 heavy (non-hydrogen) atoms. The topological polar surface area (TPSA) is 98.9 Å². The van der Waals surface area contributed by atoms with Gasteiger partial charge in [0.05, 0.1) is 5.69 Å². The molecule has 0 aliphatic heterocycles. The predicted octanol–water partition coefficient (Wildman–Crippen LogP) is 2.20. The molecule has 2 heterocycles. The molecule has 3 aromatic rings. The molecule has 3 rings (SSSR count). The normalized spacial score (nSPS) is 10.7. The van der Waals surface area contributed by atoms with E-state index in [4.69, 9.17) is 0 Å². The van der Waals surface area contributed by atoms with E-state index < -0.39 is 0 Å². The number of anilines is 1. The fourth-order valence-corrected chi connectivity index (χ4v) is 2.88. The summed E-state index contributed by atoms with van der Waals surface area (Å²) in [5.41, 5.74) is 2.90. The third-order valence-corrected chi connectivity index (χ3v) is 4.19. The third kappa shape index (κ3) is 4.06. The number of hydrogen-bond donors (Lipinski definition) is 1. The Balaban J connectivity index is 1.89. The lowest BCUT2D eigenvalue weighted by Crippen LogP contribution is -2.32. The zero-order chi connectivity index (χ0) is 20.4. The summed E-state index contributed by atoms with van der Waals surface area (Å²) in [5.74, 6) is -0.145. The van der Waals surface area contributed by atoms with Crippen molar-refractivity contribution in [3.63, 3.8) is 0 Å². The Labute approximate surface area is 161 Å². The van der Waals surface area contributed by atoms with Crippen LogP contribution in [0.1, 0.15) is 34.4 Å². The van der Waals surface area contributed by atoms with E-state index in [2.05, 4.69) is 15.4 Å². The number of aryl methyl sites for hydroxylation is 3. The molecule has 8 nitrogen and oxygen atoms in total. The van der Waals surface area contributed by atoms with Crippen LogP contribution in [0.5, 0.6) is 0 Å². The second kappa shape index (κ2) is 7.59. The first-order valence-electron chi connectivity index (χ1n) is 8.77. The lowest BCUT2D eigenvalue weighted by molar-refractivity contribution is -0.116. The van der Waals surface area contributed by atoms with Gasteiger partial charge in [-0.15, -0.1) is 0 Å². The second-order valence-corrected chi connectivity index (χ2v) is 6.64. The summed E-state index contributed by atoms with van der Waals surface area (Å²) in [7, 11) is 0. The van der Waals surface area contributed by atoms with Crippen LogP contribution < -0.4 is 10.9 Å². The number of nitrogens with one attached hydrogen (secondary N) is 1. The van der Waals surface area contributed by atoms with E-state index in [9.17, 15) is 14.4 Å². The molecule has 0 unspecified atom stereocenters. The van der Waals surface area contributed by atoms with Gasteiger partial charge in [-0.1, -0.05) is 0 Å². The van der Waals surface area contributed by atoms with Gasteiger partial charge in [0, 0.05) is 28.7 Å². The second-order valence-electron chi connectivity index (χ2n) is 6.64. The van der Waals surface area contributed by atoms with Crippen molar-refractivity contribution in [2.45, 2.75) is 34.2 Å². The maximum Gasteiger partial charge on any atom is 0.255 e. The fourth-order valence-electron chi connectivity index (χ4n) is 2.88. The number of Topliss-reactive ketones (excluding diaryl/α,β-unsaturated/α-hetero) is 1. The number of nitrogens with zero attached hydrogens (tertiary/aromatic N) is 4. The number of hydrogen-bond acceptors (Lipinski definition) is 5. The molecule has 8 heteroatoms. The van der Waals surface area contributed by atoms with Crippen LogP contribution in [0.2, 0.25) is 0 Å². The molecule has 0 aliphatic rings. The molecule has 2 aromatic heterocycles. The van der Waals surface area contributed by atoms with Gasteiger partial charge >= 0.3 is 0 Å². The largest absolute Gasteiger partial charge is 0.325 e. The molecule has 1 amide bonds. The van der Waals surface area contributed by atoms with Gasteiger partial charge in [0.15, 0.2) is 5.78 Å². The average Bonchev–Trinajstić information content (AvgIpc) is 2.95. The third-order valence-electron chi connectivity index (χ3n) is 4.19. The summed E-state index contributed by atoms with van der Waals surface area (Å²) in [6, 6.07) is 9.82. The summed E-state index contributed by atoms with van der Waals surface area (Å²) >= 11 is 0. The number of carbonyl (C=O) groups excluding carboxylic acids is 2. The Bertz CT molecular complexity index is 1110. The van der Waals surface area contributed by atoms with Gasteiger partial charge in [0.1, 0.15) is 6.54 Å². The Kier molecular flexibility index (Phi) is 5.21. The van der Waals surface area contributed by atoms with Crippen LogP contribution in [0.4, 0.5) is 5.69 Å². The van der Waals surface area contributed by atoms with Crippen LogP contribution in [-0.2, 0) is 11.3 Å². The predicted molar refractivity (Wildman–Crippen MR) is 105 cm³/mol. The summed E-state index contributed by atoms with van der Waals surface area (Å²) < 4.78 is 2.84. The van der Waals surface area contributed by atoms with Gasteiger partial charge in [0.2, 0.25) is 11.9 Å². The van der Waals surface area contributed by atoms with E-state index >= 15 is 0 Å². The first kappa shape index (κ1) is 19.2. The van der Waals surface area contributed by atoms with E-state index in [1.807, 2.05) is 19.9 Å². The summed E-state index contributed by atoms with van der Waals surface area (Å²) in [5, 5.41) is 7.10. The van der Waals surface area contributed by atoms with Crippen LogP contribution in [0.15, 0.2) is 41.2 Å². The summed E-state index contributed by atoms with van der Waals surface area (Å²) in [4.78, 5) is 40.8. The zero-order valence-corrected chi connectivity index (χ0v) is 16.2. The van der Waals surface area contributed by atoms with Crippen LogP contribution in [0.25, 0.3) is 5.95 Å². The molecule has 144 valence electrons. The maximum atomic E-state index is 12.5. The van der Waals surface area contributed by atoms with Crippen LogP contribution in [-0.4, -0.2) is 31.0 Å². The minimum Gasteiger partial charge on any atom is -0.325 e. The van der Waals surface area contributed by atoms with E-state index in [1.165, 1.54) is 17.6 Å². The van der Waals surface area contributed by atoms with Gasteiger partial charge in [0.25, 0.3) is 5.56 Å². The Morgan fingerprint density at radius 2 is 1.71 bits per heavy atom. The first-order chi connectivity index (χ1) is 13.2. The Morgan fingerprint density at radius 3 is 2.29 bits per heavy atom. The lowest BCUT2D eigenvalue weighted by atomic mass is 10.1. The molecule has 0 bridgehead atoms. The van der Waals surface area contributed by atoms with Crippen LogP contribution >= 0.6 is 0 Å². The highest BCUT2D eigenvalue weighted by Gasteiger charge is 2.16. The van der Waals surface area contributed by atoms with Gasteiger partial charge in [-0.05, 0) is 58.0 Å². The van der Waals surface area contributed by atoms with Gasteiger partial charge < -0.3 is 5.32 Å². The number of carbonyl (C=O) groups is 2. The van der Waals surface area contributed by atoms with Crippen LogP contribution in [0, 0.1) is 20.8 Å². The molecule has 0 radical (unpaired) electrons. The number of amides is 1. The molecule has 1 N–H and O–H groups in total. The minimum absolute atomic E-state index is 0.0512. The highest BCUT2D eigenvalue weighted by Crippen LogP contribution is 2.12. The number of rotatable bonds is 5. The van der Waals surface area contributed by atoms with Gasteiger partial charge in [-0.25, -0.2) is 9.67 Å². The molecule has 0 aliphatic carbocycles. The molecule has 0 atom stereocenters. The molecule has 0 fully saturated rings. The van der Waals surface area contributed by atoms with E-state index in [1.54, 1.807) is 35.9 Å². The van der Waals surface area contributed by atoms with Crippen molar-refractivity contribution in [2.24, 2.45) is 0 Å². The lowest BCUT2D eigenvalue weighted by Gasteiger charge is -2.13. The molecule has 0 saturated carbocycles. The van der Waals surface area contributed by atoms with Gasteiger partial charge in [-0.2, -0.15) is 5.10 Å². The molecule has 0 saturated heterocycles. The standard InChI is InChI=1S/C20H21N5O3/c1-12-10-19(28)24(20(21-12)25-14(3)9-13(2)23-25)11-18(27)22-17-7-5-16(6-8-17)15(4)26/h5-10H,11H2,1-4H3,(H,22,27). The number of ketones is 1.